The number of hydrogen-bond donors (Lipinski definition) is 1. The van der Waals surface area contributed by atoms with E-state index in [0.717, 1.165) is 22.7 Å². The maximum atomic E-state index is 13.3. The molecule has 1 atom stereocenters. The Hall–Kier alpha value is -1.26. The summed E-state index contributed by atoms with van der Waals surface area (Å²) in [5.74, 6) is -0.0971. The van der Waals surface area contributed by atoms with E-state index in [-0.39, 0.29) is 17.2 Å². The number of nitrogens with two attached hydrogens (primary N) is 1. The molecule has 0 spiro atoms. The molecular formula is C16H21FN2S. The SMILES string of the molecule is CC(C)(C)c1csc(CC(CN)c2cccc(F)c2)n1. The molecular weight excluding hydrogens is 271 g/mol. The van der Waals surface area contributed by atoms with Crippen molar-refractivity contribution in [1.29, 1.82) is 0 Å². The van der Waals surface area contributed by atoms with Gasteiger partial charge in [0.15, 0.2) is 0 Å². The topological polar surface area (TPSA) is 38.9 Å². The van der Waals surface area contributed by atoms with Gasteiger partial charge in [-0.1, -0.05) is 32.9 Å². The average molecular weight is 292 g/mol. The number of hydrogen-bond acceptors (Lipinski definition) is 3. The lowest BCUT2D eigenvalue weighted by Crippen LogP contribution is -2.16. The van der Waals surface area contributed by atoms with Crippen molar-refractivity contribution >= 4 is 11.3 Å². The third kappa shape index (κ3) is 3.64. The zero-order chi connectivity index (χ0) is 14.8. The summed E-state index contributed by atoms with van der Waals surface area (Å²) in [5, 5.41) is 3.17. The van der Waals surface area contributed by atoms with E-state index in [0.29, 0.717) is 6.54 Å². The van der Waals surface area contributed by atoms with Crippen molar-refractivity contribution in [2.45, 2.75) is 38.5 Å². The number of halogens is 1. The number of nitrogens with zero attached hydrogens (tertiary/aromatic N) is 1. The van der Waals surface area contributed by atoms with Crippen molar-refractivity contribution in [3.63, 3.8) is 0 Å². The molecule has 1 aromatic heterocycles. The monoisotopic (exact) mass is 292 g/mol. The molecule has 2 nitrogen and oxygen atoms in total. The molecule has 1 unspecified atom stereocenters. The van der Waals surface area contributed by atoms with Gasteiger partial charge >= 0.3 is 0 Å². The first kappa shape index (κ1) is 15.1. The first-order chi connectivity index (χ1) is 9.40. The van der Waals surface area contributed by atoms with Crippen LogP contribution in [0.15, 0.2) is 29.6 Å². The van der Waals surface area contributed by atoms with Gasteiger partial charge in [-0.25, -0.2) is 9.37 Å². The summed E-state index contributed by atoms with van der Waals surface area (Å²) in [4.78, 5) is 4.69. The first-order valence-corrected chi connectivity index (χ1v) is 7.68. The van der Waals surface area contributed by atoms with Crippen LogP contribution in [0.25, 0.3) is 0 Å². The molecule has 108 valence electrons. The van der Waals surface area contributed by atoms with Crippen LogP contribution < -0.4 is 5.73 Å². The number of aromatic nitrogens is 1. The molecule has 0 amide bonds. The molecule has 2 rings (SSSR count). The molecule has 2 aromatic rings. The van der Waals surface area contributed by atoms with E-state index < -0.39 is 0 Å². The summed E-state index contributed by atoms with van der Waals surface area (Å²) >= 11 is 1.66. The van der Waals surface area contributed by atoms with Gasteiger partial charge in [0.25, 0.3) is 0 Å². The van der Waals surface area contributed by atoms with Crippen LogP contribution >= 0.6 is 11.3 Å². The molecule has 2 N–H and O–H groups in total. The van der Waals surface area contributed by atoms with Crippen LogP contribution in [0.2, 0.25) is 0 Å². The Kier molecular flexibility index (Phi) is 4.55. The van der Waals surface area contributed by atoms with Crippen LogP contribution in [0.1, 0.15) is 43.0 Å². The minimum Gasteiger partial charge on any atom is -0.330 e. The van der Waals surface area contributed by atoms with Crippen molar-refractivity contribution in [2.24, 2.45) is 5.73 Å². The fraction of sp³-hybridized carbons (Fsp3) is 0.438. The van der Waals surface area contributed by atoms with Crippen LogP contribution in [0, 0.1) is 5.82 Å². The highest BCUT2D eigenvalue weighted by molar-refractivity contribution is 7.09. The average Bonchev–Trinajstić information content (AvgIpc) is 2.84. The minimum atomic E-state index is -0.213. The highest BCUT2D eigenvalue weighted by Crippen LogP contribution is 2.27. The summed E-state index contributed by atoms with van der Waals surface area (Å²) in [6.45, 7) is 6.95. The molecule has 0 saturated heterocycles. The lowest BCUT2D eigenvalue weighted by molar-refractivity contribution is 0.568. The fourth-order valence-corrected chi connectivity index (χ4v) is 3.16. The maximum absolute atomic E-state index is 13.3. The van der Waals surface area contributed by atoms with Gasteiger partial charge in [-0.2, -0.15) is 0 Å². The zero-order valence-electron chi connectivity index (χ0n) is 12.2. The molecule has 0 aliphatic rings. The van der Waals surface area contributed by atoms with Gasteiger partial charge in [-0.3, -0.25) is 0 Å². The summed E-state index contributed by atoms with van der Waals surface area (Å²) in [7, 11) is 0. The predicted octanol–water partition coefficient (Wildman–Crippen LogP) is 3.86. The van der Waals surface area contributed by atoms with Crippen LogP contribution in [-0.4, -0.2) is 11.5 Å². The predicted molar refractivity (Wildman–Crippen MR) is 82.7 cm³/mol. The van der Waals surface area contributed by atoms with Crippen molar-refractivity contribution in [3.05, 3.63) is 51.7 Å². The molecule has 0 bridgehead atoms. The Morgan fingerprint density at radius 3 is 2.65 bits per heavy atom. The smallest absolute Gasteiger partial charge is 0.123 e. The minimum absolute atomic E-state index is 0.0613. The standard InChI is InChI=1S/C16H21FN2S/c1-16(2,3)14-10-20-15(19-14)8-12(9-18)11-5-4-6-13(17)7-11/h4-7,10,12H,8-9,18H2,1-3H3. The van der Waals surface area contributed by atoms with Gasteiger partial charge in [0.1, 0.15) is 5.82 Å². The first-order valence-electron chi connectivity index (χ1n) is 6.80. The Morgan fingerprint density at radius 1 is 1.35 bits per heavy atom. The molecule has 1 aromatic carbocycles. The normalized spacial score (nSPS) is 13.4. The van der Waals surface area contributed by atoms with Gasteiger partial charge in [0, 0.05) is 23.1 Å². The van der Waals surface area contributed by atoms with E-state index >= 15 is 0 Å². The van der Waals surface area contributed by atoms with E-state index in [1.807, 2.05) is 6.07 Å². The van der Waals surface area contributed by atoms with E-state index in [9.17, 15) is 4.39 Å². The maximum Gasteiger partial charge on any atom is 0.123 e. The Bertz CT molecular complexity index is 572. The van der Waals surface area contributed by atoms with E-state index in [1.54, 1.807) is 23.5 Å². The Balaban J connectivity index is 2.16. The van der Waals surface area contributed by atoms with Crippen molar-refractivity contribution in [3.8, 4) is 0 Å². The van der Waals surface area contributed by atoms with Crippen LogP contribution in [0.3, 0.4) is 0 Å². The van der Waals surface area contributed by atoms with E-state index in [4.69, 9.17) is 5.73 Å². The van der Waals surface area contributed by atoms with Crippen molar-refractivity contribution in [1.82, 2.24) is 4.98 Å². The van der Waals surface area contributed by atoms with Gasteiger partial charge in [-0.15, -0.1) is 11.3 Å². The highest BCUT2D eigenvalue weighted by Gasteiger charge is 2.19. The third-order valence-electron chi connectivity index (χ3n) is 3.35. The van der Waals surface area contributed by atoms with Crippen LogP contribution in [0.4, 0.5) is 4.39 Å². The van der Waals surface area contributed by atoms with Gasteiger partial charge < -0.3 is 5.73 Å². The number of rotatable bonds is 4. The molecule has 20 heavy (non-hydrogen) atoms. The lowest BCUT2D eigenvalue weighted by atomic mass is 9.93. The van der Waals surface area contributed by atoms with E-state index in [2.05, 4.69) is 31.1 Å². The number of benzene rings is 1. The lowest BCUT2D eigenvalue weighted by Gasteiger charge is -2.15. The second-order valence-electron chi connectivity index (χ2n) is 6.07. The molecule has 0 aliphatic heterocycles. The van der Waals surface area contributed by atoms with Crippen LogP contribution in [0.5, 0.6) is 0 Å². The van der Waals surface area contributed by atoms with Gasteiger partial charge in [0.2, 0.25) is 0 Å². The van der Waals surface area contributed by atoms with Crippen molar-refractivity contribution in [2.75, 3.05) is 6.54 Å². The summed E-state index contributed by atoms with van der Waals surface area (Å²) in [6.07, 6.45) is 0.765. The van der Waals surface area contributed by atoms with Crippen molar-refractivity contribution < 1.29 is 4.39 Å². The molecule has 0 radical (unpaired) electrons. The Labute approximate surface area is 123 Å². The molecule has 0 fully saturated rings. The largest absolute Gasteiger partial charge is 0.330 e. The van der Waals surface area contributed by atoms with Crippen LogP contribution in [-0.2, 0) is 11.8 Å². The number of thiazole rings is 1. The van der Waals surface area contributed by atoms with E-state index in [1.165, 1.54) is 6.07 Å². The molecule has 0 aliphatic carbocycles. The summed E-state index contributed by atoms with van der Waals surface area (Å²) in [5.41, 5.74) is 7.96. The van der Waals surface area contributed by atoms with Gasteiger partial charge in [0.05, 0.1) is 10.7 Å². The third-order valence-corrected chi connectivity index (χ3v) is 4.22. The summed E-state index contributed by atoms with van der Waals surface area (Å²) < 4.78 is 13.3. The Morgan fingerprint density at radius 2 is 2.10 bits per heavy atom. The fourth-order valence-electron chi connectivity index (χ4n) is 2.06. The zero-order valence-corrected chi connectivity index (χ0v) is 13.0. The molecule has 1 heterocycles. The second kappa shape index (κ2) is 6.02. The molecule has 0 saturated carbocycles. The molecule has 4 heteroatoms. The quantitative estimate of drug-likeness (QED) is 0.929. The highest BCUT2D eigenvalue weighted by atomic mass is 32.1. The van der Waals surface area contributed by atoms with Gasteiger partial charge in [-0.05, 0) is 24.2 Å². The second-order valence-corrected chi connectivity index (χ2v) is 7.01. The summed E-state index contributed by atoms with van der Waals surface area (Å²) in [6, 6.07) is 6.68.